The molecule has 3 rings (SSSR count). The monoisotopic (exact) mass is 407 g/mol. The van der Waals surface area contributed by atoms with Crippen LogP contribution in [0.1, 0.15) is 37.0 Å². The molecule has 0 atom stereocenters. The second-order valence-corrected chi connectivity index (χ2v) is 7.39. The number of ether oxygens (including phenoxy) is 2. The quantitative estimate of drug-likeness (QED) is 0.510. The van der Waals surface area contributed by atoms with Crippen LogP contribution >= 0.6 is 0 Å². The van der Waals surface area contributed by atoms with Gasteiger partial charge in [-0.15, -0.1) is 0 Å². The Bertz CT molecular complexity index is 885. The molecule has 2 aromatic carbocycles. The summed E-state index contributed by atoms with van der Waals surface area (Å²) in [5.41, 5.74) is 2.24. The van der Waals surface area contributed by atoms with E-state index in [1.165, 1.54) is 0 Å². The predicted octanol–water partition coefficient (Wildman–Crippen LogP) is 4.15. The van der Waals surface area contributed by atoms with Gasteiger partial charge in [0.05, 0.1) is 13.2 Å². The SMILES string of the molecule is CCOC(=O)C1(C(=O)OCC)/C(=C\c2ccc(C)cc2)CCN1Cc1ccccc1. The van der Waals surface area contributed by atoms with Crippen LogP contribution in [0, 0.1) is 6.92 Å². The number of nitrogens with zero attached hydrogens (tertiary/aromatic N) is 1. The molecular weight excluding hydrogens is 378 g/mol. The molecule has 0 aliphatic carbocycles. The number of hydrogen-bond donors (Lipinski definition) is 0. The van der Waals surface area contributed by atoms with E-state index in [9.17, 15) is 9.59 Å². The fourth-order valence-electron chi connectivity index (χ4n) is 3.92. The van der Waals surface area contributed by atoms with Crippen molar-refractivity contribution >= 4 is 18.0 Å². The molecule has 0 radical (unpaired) electrons. The first-order chi connectivity index (χ1) is 14.5. The second-order valence-electron chi connectivity index (χ2n) is 7.39. The highest BCUT2D eigenvalue weighted by molar-refractivity contribution is 6.10. The molecule has 30 heavy (non-hydrogen) atoms. The number of benzene rings is 2. The van der Waals surface area contributed by atoms with E-state index in [1.807, 2.05) is 72.5 Å². The Morgan fingerprint density at radius 3 is 2.13 bits per heavy atom. The number of hydrogen-bond acceptors (Lipinski definition) is 5. The van der Waals surface area contributed by atoms with E-state index in [1.54, 1.807) is 13.8 Å². The molecule has 0 spiro atoms. The fourth-order valence-corrected chi connectivity index (χ4v) is 3.92. The van der Waals surface area contributed by atoms with Gasteiger partial charge in [0.15, 0.2) is 0 Å². The maximum absolute atomic E-state index is 13.3. The number of carbonyl (C=O) groups excluding carboxylic acids is 2. The molecule has 1 aliphatic heterocycles. The predicted molar refractivity (Wildman–Crippen MR) is 117 cm³/mol. The minimum atomic E-state index is -1.58. The van der Waals surface area contributed by atoms with Crippen LogP contribution in [0.25, 0.3) is 6.08 Å². The number of carbonyl (C=O) groups is 2. The molecule has 5 heteroatoms. The largest absolute Gasteiger partial charge is 0.464 e. The smallest absolute Gasteiger partial charge is 0.342 e. The van der Waals surface area contributed by atoms with Crippen molar-refractivity contribution < 1.29 is 19.1 Å². The fraction of sp³-hybridized carbons (Fsp3) is 0.360. The standard InChI is InChI=1S/C25H29NO4/c1-4-29-23(27)25(24(28)30-5-2)22(17-20-13-11-19(3)12-14-20)15-16-26(25)18-21-9-7-6-8-10-21/h6-14,17H,4-5,15-16,18H2,1-3H3/b22-17-. The first-order valence-electron chi connectivity index (χ1n) is 10.4. The van der Waals surface area contributed by atoms with Gasteiger partial charge in [-0.3, -0.25) is 4.90 Å². The lowest BCUT2D eigenvalue weighted by Crippen LogP contribution is -2.58. The minimum absolute atomic E-state index is 0.191. The zero-order valence-electron chi connectivity index (χ0n) is 17.9. The molecule has 1 aliphatic rings. The molecule has 0 saturated carbocycles. The molecular formula is C25H29NO4. The third kappa shape index (κ3) is 4.31. The van der Waals surface area contributed by atoms with Crippen LogP contribution in [0.4, 0.5) is 0 Å². The van der Waals surface area contributed by atoms with Gasteiger partial charge in [0.25, 0.3) is 0 Å². The first-order valence-corrected chi connectivity index (χ1v) is 10.4. The molecule has 2 aromatic rings. The molecule has 1 fully saturated rings. The maximum Gasteiger partial charge on any atom is 0.342 e. The first kappa shape index (κ1) is 21.8. The van der Waals surface area contributed by atoms with Crippen molar-refractivity contribution in [1.82, 2.24) is 4.90 Å². The van der Waals surface area contributed by atoms with Gasteiger partial charge in [0.2, 0.25) is 5.54 Å². The Morgan fingerprint density at radius 2 is 1.57 bits per heavy atom. The van der Waals surface area contributed by atoms with Gasteiger partial charge in [-0.25, -0.2) is 9.59 Å². The highest BCUT2D eigenvalue weighted by Gasteiger charge is 2.59. The summed E-state index contributed by atoms with van der Waals surface area (Å²) in [5, 5.41) is 0. The summed E-state index contributed by atoms with van der Waals surface area (Å²) in [6.45, 7) is 6.91. The van der Waals surface area contributed by atoms with Crippen LogP contribution in [-0.2, 0) is 25.6 Å². The molecule has 158 valence electrons. The average molecular weight is 408 g/mol. The van der Waals surface area contributed by atoms with Crippen molar-refractivity contribution in [3.05, 3.63) is 76.9 Å². The molecule has 1 saturated heterocycles. The normalized spacial score (nSPS) is 17.1. The number of esters is 2. The molecule has 1 heterocycles. The number of likely N-dealkylation sites (tertiary alicyclic amines) is 1. The zero-order chi connectivity index (χ0) is 21.6. The maximum atomic E-state index is 13.3. The summed E-state index contributed by atoms with van der Waals surface area (Å²) in [4.78, 5) is 28.6. The molecule has 0 unspecified atom stereocenters. The van der Waals surface area contributed by atoms with E-state index in [0.29, 0.717) is 25.1 Å². The summed E-state index contributed by atoms with van der Waals surface area (Å²) in [6.07, 6.45) is 2.51. The van der Waals surface area contributed by atoms with Crippen molar-refractivity contribution in [2.24, 2.45) is 0 Å². The molecule has 0 bridgehead atoms. The van der Waals surface area contributed by atoms with Gasteiger partial charge >= 0.3 is 11.9 Å². The van der Waals surface area contributed by atoms with Gasteiger partial charge in [-0.1, -0.05) is 66.2 Å². The lowest BCUT2D eigenvalue weighted by molar-refractivity contribution is -0.170. The van der Waals surface area contributed by atoms with Crippen molar-refractivity contribution in [2.75, 3.05) is 19.8 Å². The van der Waals surface area contributed by atoms with Crippen LogP contribution in [0.15, 0.2) is 60.2 Å². The Labute approximate surface area is 178 Å². The lowest BCUT2D eigenvalue weighted by atomic mass is 9.88. The van der Waals surface area contributed by atoms with E-state index in [4.69, 9.17) is 9.47 Å². The Balaban J connectivity index is 2.11. The van der Waals surface area contributed by atoms with Gasteiger partial charge in [0, 0.05) is 13.1 Å². The summed E-state index contributed by atoms with van der Waals surface area (Å²) < 4.78 is 10.9. The molecule has 5 nitrogen and oxygen atoms in total. The van der Waals surface area contributed by atoms with Crippen LogP contribution in [-0.4, -0.2) is 42.1 Å². The third-order valence-corrected chi connectivity index (χ3v) is 5.37. The van der Waals surface area contributed by atoms with Crippen LogP contribution in [0.5, 0.6) is 0 Å². The highest BCUT2D eigenvalue weighted by atomic mass is 16.6. The van der Waals surface area contributed by atoms with Gasteiger partial charge in [-0.05, 0) is 43.9 Å². The topological polar surface area (TPSA) is 55.8 Å². The number of aryl methyl sites for hydroxylation is 1. The lowest BCUT2D eigenvalue weighted by Gasteiger charge is -2.35. The summed E-state index contributed by atoms with van der Waals surface area (Å²) in [6, 6.07) is 17.8. The Hall–Kier alpha value is -2.92. The Kier molecular flexibility index (Phi) is 7.06. The van der Waals surface area contributed by atoms with Crippen LogP contribution in [0.2, 0.25) is 0 Å². The second kappa shape index (κ2) is 9.72. The van der Waals surface area contributed by atoms with Crippen molar-refractivity contribution in [1.29, 1.82) is 0 Å². The van der Waals surface area contributed by atoms with Crippen molar-refractivity contribution in [3.63, 3.8) is 0 Å². The third-order valence-electron chi connectivity index (χ3n) is 5.37. The van der Waals surface area contributed by atoms with Gasteiger partial charge in [-0.2, -0.15) is 0 Å². The highest BCUT2D eigenvalue weighted by Crippen LogP contribution is 2.39. The van der Waals surface area contributed by atoms with Crippen LogP contribution < -0.4 is 0 Å². The van der Waals surface area contributed by atoms with E-state index < -0.39 is 17.5 Å². The van der Waals surface area contributed by atoms with Gasteiger partial charge in [0.1, 0.15) is 0 Å². The minimum Gasteiger partial charge on any atom is -0.464 e. The number of rotatable bonds is 7. The average Bonchev–Trinajstić information content (AvgIpc) is 3.09. The zero-order valence-corrected chi connectivity index (χ0v) is 17.9. The summed E-state index contributed by atoms with van der Waals surface area (Å²) in [5.74, 6) is -1.15. The van der Waals surface area contributed by atoms with E-state index in [2.05, 4.69) is 0 Å². The Morgan fingerprint density at radius 1 is 0.967 bits per heavy atom. The van der Waals surface area contributed by atoms with E-state index in [0.717, 1.165) is 16.7 Å². The molecule has 0 amide bonds. The van der Waals surface area contributed by atoms with Gasteiger partial charge < -0.3 is 9.47 Å². The van der Waals surface area contributed by atoms with Crippen LogP contribution in [0.3, 0.4) is 0 Å². The molecule has 0 N–H and O–H groups in total. The van der Waals surface area contributed by atoms with E-state index >= 15 is 0 Å². The van der Waals surface area contributed by atoms with Crippen molar-refractivity contribution in [2.45, 2.75) is 39.3 Å². The summed E-state index contributed by atoms with van der Waals surface area (Å²) in [7, 11) is 0. The molecule has 0 aromatic heterocycles. The van der Waals surface area contributed by atoms with Crippen molar-refractivity contribution in [3.8, 4) is 0 Å². The summed E-state index contributed by atoms with van der Waals surface area (Å²) >= 11 is 0. The van der Waals surface area contributed by atoms with E-state index in [-0.39, 0.29) is 13.2 Å².